The average Bonchev–Trinajstić information content (AvgIpc) is 2.58. The maximum atomic E-state index is 4.72. The summed E-state index contributed by atoms with van der Waals surface area (Å²) in [7, 11) is 0. The maximum Gasteiger partial charge on any atom is 0.189 e. The molecule has 0 aromatic carbocycles. The van der Waals surface area contributed by atoms with Gasteiger partial charge in [-0.1, -0.05) is 11.8 Å². The molecule has 1 saturated heterocycles. The van der Waals surface area contributed by atoms with Gasteiger partial charge in [-0.25, -0.2) is 19.9 Å². The Morgan fingerprint density at radius 2 is 1.61 bits per heavy atom. The van der Waals surface area contributed by atoms with Crippen LogP contribution in [-0.2, 0) is 0 Å². The van der Waals surface area contributed by atoms with E-state index in [0.29, 0.717) is 0 Å². The van der Waals surface area contributed by atoms with Gasteiger partial charge in [-0.05, 0) is 27.0 Å². The van der Waals surface area contributed by atoms with E-state index in [1.807, 2.05) is 12.5 Å². The number of piperazine rings is 1. The largest absolute Gasteiger partial charge is 0.353 e. The molecular formula is C16H22N6S. The van der Waals surface area contributed by atoms with Crippen molar-refractivity contribution in [1.29, 1.82) is 0 Å². The molecule has 1 aliphatic rings. The van der Waals surface area contributed by atoms with Gasteiger partial charge >= 0.3 is 0 Å². The fraction of sp³-hybridized carbons (Fsp3) is 0.500. The number of aryl methyl sites for hydroxylation is 2. The van der Waals surface area contributed by atoms with Gasteiger partial charge < -0.3 is 9.80 Å². The van der Waals surface area contributed by atoms with E-state index in [-0.39, 0.29) is 0 Å². The van der Waals surface area contributed by atoms with Crippen LogP contribution in [0.3, 0.4) is 0 Å². The Labute approximate surface area is 141 Å². The molecule has 0 aliphatic carbocycles. The summed E-state index contributed by atoms with van der Waals surface area (Å²) >= 11 is 1.59. The van der Waals surface area contributed by atoms with Crippen molar-refractivity contribution in [2.75, 3.05) is 42.2 Å². The van der Waals surface area contributed by atoms with E-state index < -0.39 is 0 Å². The molecule has 1 fully saturated rings. The normalized spacial score (nSPS) is 15.1. The molecule has 2 aromatic rings. The standard InChI is InChI=1S/C16H22N6S/c1-11-9-17-10-18-14(11)21-5-7-22(8-6-21)15-12(2)13(3)19-16(20-15)23-4/h9-10H,5-8H2,1-4H3. The van der Waals surface area contributed by atoms with Gasteiger partial charge in [0.25, 0.3) is 0 Å². The van der Waals surface area contributed by atoms with Crippen molar-refractivity contribution in [1.82, 2.24) is 19.9 Å². The number of hydrogen-bond acceptors (Lipinski definition) is 7. The van der Waals surface area contributed by atoms with Crippen molar-refractivity contribution < 1.29 is 0 Å². The molecule has 122 valence electrons. The van der Waals surface area contributed by atoms with Crippen molar-refractivity contribution in [2.45, 2.75) is 25.9 Å². The molecule has 1 aliphatic heterocycles. The Morgan fingerprint density at radius 3 is 2.22 bits per heavy atom. The fourth-order valence-electron chi connectivity index (χ4n) is 2.84. The summed E-state index contributed by atoms with van der Waals surface area (Å²) in [5, 5.41) is 0.845. The van der Waals surface area contributed by atoms with Crippen molar-refractivity contribution in [3.8, 4) is 0 Å². The van der Waals surface area contributed by atoms with E-state index in [9.17, 15) is 0 Å². The third kappa shape index (κ3) is 3.24. The molecule has 0 amide bonds. The predicted molar refractivity (Wildman–Crippen MR) is 94.5 cm³/mol. The lowest BCUT2D eigenvalue weighted by molar-refractivity contribution is 0.633. The maximum absolute atomic E-state index is 4.72. The first kappa shape index (κ1) is 16.0. The third-order valence-electron chi connectivity index (χ3n) is 4.27. The molecular weight excluding hydrogens is 308 g/mol. The minimum Gasteiger partial charge on any atom is -0.353 e. The molecule has 3 rings (SSSR count). The van der Waals surface area contributed by atoms with Gasteiger partial charge in [-0.3, -0.25) is 0 Å². The summed E-state index contributed by atoms with van der Waals surface area (Å²) in [6.07, 6.45) is 5.51. The first-order valence-corrected chi connectivity index (χ1v) is 8.98. The number of thioether (sulfide) groups is 1. The Kier molecular flexibility index (Phi) is 4.66. The topological polar surface area (TPSA) is 58.0 Å². The Bertz CT molecular complexity index is 697. The highest BCUT2D eigenvalue weighted by molar-refractivity contribution is 7.98. The van der Waals surface area contributed by atoms with E-state index >= 15 is 0 Å². The summed E-state index contributed by atoms with van der Waals surface area (Å²) in [6, 6.07) is 0. The first-order valence-electron chi connectivity index (χ1n) is 7.76. The monoisotopic (exact) mass is 330 g/mol. The molecule has 0 saturated carbocycles. The molecule has 0 unspecified atom stereocenters. The molecule has 0 N–H and O–H groups in total. The molecule has 7 heteroatoms. The Hall–Kier alpha value is -1.89. The van der Waals surface area contributed by atoms with Crippen LogP contribution in [0.1, 0.15) is 16.8 Å². The zero-order chi connectivity index (χ0) is 16.4. The highest BCUT2D eigenvalue weighted by Crippen LogP contribution is 2.25. The second-order valence-corrected chi connectivity index (χ2v) is 6.52. The molecule has 6 nitrogen and oxygen atoms in total. The molecule has 0 spiro atoms. The second-order valence-electron chi connectivity index (χ2n) is 5.75. The molecule has 0 radical (unpaired) electrons. The number of aromatic nitrogens is 4. The van der Waals surface area contributed by atoms with E-state index in [2.05, 4.69) is 45.5 Å². The minimum atomic E-state index is 0.845. The molecule has 23 heavy (non-hydrogen) atoms. The Morgan fingerprint density at radius 1 is 0.957 bits per heavy atom. The van der Waals surface area contributed by atoms with Gasteiger partial charge in [0.05, 0.1) is 0 Å². The van der Waals surface area contributed by atoms with Gasteiger partial charge in [-0.2, -0.15) is 0 Å². The van der Waals surface area contributed by atoms with E-state index in [1.54, 1.807) is 18.1 Å². The highest BCUT2D eigenvalue weighted by atomic mass is 32.2. The van der Waals surface area contributed by atoms with Crippen LogP contribution in [0.15, 0.2) is 17.7 Å². The smallest absolute Gasteiger partial charge is 0.189 e. The fourth-order valence-corrected chi connectivity index (χ4v) is 3.25. The van der Waals surface area contributed by atoms with Crippen LogP contribution in [0.25, 0.3) is 0 Å². The van der Waals surface area contributed by atoms with Crippen LogP contribution >= 0.6 is 11.8 Å². The summed E-state index contributed by atoms with van der Waals surface area (Å²) in [5.74, 6) is 2.11. The summed E-state index contributed by atoms with van der Waals surface area (Å²) in [5.41, 5.74) is 3.36. The molecule has 2 aromatic heterocycles. The lowest BCUT2D eigenvalue weighted by Gasteiger charge is -2.37. The lowest BCUT2D eigenvalue weighted by Crippen LogP contribution is -2.47. The molecule has 0 atom stereocenters. The average molecular weight is 330 g/mol. The molecule has 3 heterocycles. The lowest BCUT2D eigenvalue weighted by atomic mass is 10.2. The SMILES string of the molecule is CSc1nc(C)c(C)c(N2CCN(c3ncncc3C)CC2)n1. The van der Waals surface area contributed by atoms with Crippen LogP contribution in [0, 0.1) is 20.8 Å². The van der Waals surface area contributed by atoms with Crippen LogP contribution in [0.2, 0.25) is 0 Å². The second kappa shape index (κ2) is 6.70. The predicted octanol–water partition coefficient (Wildman–Crippen LogP) is 2.24. The van der Waals surface area contributed by atoms with Crippen molar-refractivity contribution in [2.24, 2.45) is 0 Å². The van der Waals surface area contributed by atoms with Gasteiger partial charge in [0, 0.05) is 49.2 Å². The van der Waals surface area contributed by atoms with Crippen LogP contribution < -0.4 is 9.80 Å². The van der Waals surface area contributed by atoms with E-state index in [4.69, 9.17) is 4.98 Å². The van der Waals surface area contributed by atoms with Crippen LogP contribution in [0.5, 0.6) is 0 Å². The van der Waals surface area contributed by atoms with Crippen LogP contribution in [-0.4, -0.2) is 52.4 Å². The van der Waals surface area contributed by atoms with Gasteiger partial charge in [-0.15, -0.1) is 0 Å². The van der Waals surface area contributed by atoms with Gasteiger partial charge in [0.15, 0.2) is 5.16 Å². The first-order chi connectivity index (χ1) is 11.1. The highest BCUT2D eigenvalue weighted by Gasteiger charge is 2.22. The Balaban J connectivity index is 1.77. The van der Waals surface area contributed by atoms with Gasteiger partial charge in [0.1, 0.15) is 18.0 Å². The molecule has 0 bridgehead atoms. The van der Waals surface area contributed by atoms with Gasteiger partial charge in [0.2, 0.25) is 0 Å². The quantitative estimate of drug-likeness (QED) is 0.632. The van der Waals surface area contributed by atoms with Crippen LogP contribution in [0.4, 0.5) is 11.6 Å². The number of hydrogen-bond donors (Lipinski definition) is 0. The third-order valence-corrected chi connectivity index (χ3v) is 4.82. The number of nitrogens with zero attached hydrogens (tertiary/aromatic N) is 6. The summed E-state index contributed by atoms with van der Waals surface area (Å²) in [6.45, 7) is 9.98. The number of rotatable bonds is 3. The van der Waals surface area contributed by atoms with Crippen molar-refractivity contribution >= 4 is 23.4 Å². The summed E-state index contributed by atoms with van der Waals surface area (Å²) < 4.78 is 0. The van der Waals surface area contributed by atoms with E-state index in [0.717, 1.165) is 54.2 Å². The number of anilines is 2. The zero-order valence-electron chi connectivity index (χ0n) is 14.1. The minimum absolute atomic E-state index is 0.845. The zero-order valence-corrected chi connectivity index (χ0v) is 14.9. The van der Waals surface area contributed by atoms with E-state index in [1.165, 1.54) is 5.56 Å². The van der Waals surface area contributed by atoms with Crippen molar-refractivity contribution in [3.63, 3.8) is 0 Å². The summed E-state index contributed by atoms with van der Waals surface area (Å²) in [4.78, 5) is 22.4. The van der Waals surface area contributed by atoms with Crippen molar-refractivity contribution in [3.05, 3.63) is 29.3 Å².